The summed E-state index contributed by atoms with van der Waals surface area (Å²) in [6, 6.07) is 6.83. The summed E-state index contributed by atoms with van der Waals surface area (Å²) in [5.41, 5.74) is 0.901. The zero-order valence-corrected chi connectivity index (χ0v) is 17.6. The maximum Gasteiger partial charge on any atom is 0.309 e. The largest absolute Gasteiger partial charge is 0.348 e. The second-order valence-electron chi connectivity index (χ2n) is 8.06. The number of nitrogens with one attached hydrogen (secondary N) is 3. The van der Waals surface area contributed by atoms with Gasteiger partial charge in [0.2, 0.25) is 10.0 Å². The van der Waals surface area contributed by atoms with Crippen LogP contribution in [0.5, 0.6) is 0 Å². The molecule has 3 rings (SSSR count). The fourth-order valence-electron chi connectivity index (χ4n) is 4.06. The first-order valence-electron chi connectivity index (χ1n) is 10.6. The van der Waals surface area contributed by atoms with Gasteiger partial charge in [0.05, 0.1) is 4.90 Å². The monoisotopic (exact) mass is 421 g/mol. The van der Waals surface area contributed by atoms with E-state index in [1.165, 1.54) is 6.42 Å². The molecule has 0 unspecified atom stereocenters. The van der Waals surface area contributed by atoms with Gasteiger partial charge in [-0.3, -0.25) is 9.59 Å². The SMILES string of the molecule is O=C(NCCc1ccc(S(=O)(=O)NC2CCCCC2)cc1)C(=O)NC1CCCC1. The number of hydrogen-bond donors (Lipinski definition) is 3. The normalized spacial score (nSPS) is 18.5. The van der Waals surface area contributed by atoms with E-state index in [2.05, 4.69) is 15.4 Å². The van der Waals surface area contributed by atoms with Crippen molar-refractivity contribution >= 4 is 21.8 Å². The molecule has 0 heterocycles. The first kappa shape index (κ1) is 21.8. The van der Waals surface area contributed by atoms with Crippen molar-refractivity contribution in [2.75, 3.05) is 6.54 Å². The second kappa shape index (κ2) is 10.2. The maximum absolute atomic E-state index is 12.5. The molecule has 0 aliphatic heterocycles. The molecule has 2 amide bonds. The Morgan fingerprint density at radius 1 is 0.828 bits per heavy atom. The molecule has 2 saturated carbocycles. The van der Waals surface area contributed by atoms with E-state index in [4.69, 9.17) is 0 Å². The van der Waals surface area contributed by atoms with Crippen molar-refractivity contribution in [2.24, 2.45) is 0 Å². The molecular weight excluding hydrogens is 390 g/mol. The van der Waals surface area contributed by atoms with Gasteiger partial charge in [0.1, 0.15) is 0 Å². The van der Waals surface area contributed by atoms with Gasteiger partial charge in [-0.25, -0.2) is 13.1 Å². The van der Waals surface area contributed by atoms with Gasteiger partial charge >= 0.3 is 11.8 Å². The first-order valence-corrected chi connectivity index (χ1v) is 12.1. The van der Waals surface area contributed by atoms with Crippen LogP contribution in [0, 0.1) is 0 Å². The average Bonchev–Trinajstić information content (AvgIpc) is 3.22. The molecule has 2 aliphatic carbocycles. The minimum absolute atomic E-state index is 0.0269. The lowest BCUT2D eigenvalue weighted by Gasteiger charge is -2.22. The highest BCUT2D eigenvalue weighted by atomic mass is 32.2. The van der Waals surface area contributed by atoms with Crippen molar-refractivity contribution in [3.8, 4) is 0 Å². The van der Waals surface area contributed by atoms with E-state index in [0.717, 1.165) is 56.9 Å². The van der Waals surface area contributed by atoms with Gasteiger partial charge in [-0.1, -0.05) is 44.2 Å². The summed E-state index contributed by atoms with van der Waals surface area (Å²) in [7, 11) is -3.51. The molecule has 29 heavy (non-hydrogen) atoms. The van der Waals surface area contributed by atoms with E-state index in [-0.39, 0.29) is 17.0 Å². The molecule has 3 N–H and O–H groups in total. The molecular formula is C21H31N3O4S. The summed E-state index contributed by atoms with van der Waals surface area (Å²) in [6.07, 6.45) is 9.67. The Morgan fingerprint density at radius 3 is 2.07 bits per heavy atom. The molecule has 1 aromatic carbocycles. The molecule has 0 saturated heterocycles. The molecule has 0 radical (unpaired) electrons. The zero-order valence-electron chi connectivity index (χ0n) is 16.8. The molecule has 7 nitrogen and oxygen atoms in total. The average molecular weight is 422 g/mol. The van der Waals surface area contributed by atoms with Crippen LogP contribution in [0.3, 0.4) is 0 Å². The number of carbonyl (C=O) groups is 2. The second-order valence-corrected chi connectivity index (χ2v) is 9.77. The minimum atomic E-state index is -3.51. The summed E-state index contributed by atoms with van der Waals surface area (Å²) >= 11 is 0. The van der Waals surface area contributed by atoms with Gasteiger partial charge in [-0.2, -0.15) is 0 Å². The van der Waals surface area contributed by atoms with Crippen LogP contribution in [0.1, 0.15) is 63.4 Å². The highest BCUT2D eigenvalue weighted by molar-refractivity contribution is 7.89. The van der Waals surface area contributed by atoms with Crippen LogP contribution < -0.4 is 15.4 Å². The quantitative estimate of drug-likeness (QED) is 0.586. The van der Waals surface area contributed by atoms with Crippen molar-refractivity contribution in [2.45, 2.75) is 81.2 Å². The fourth-order valence-corrected chi connectivity index (χ4v) is 5.37. The highest BCUT2D eigenvalue weighted by Crippen LogP contribution is 2.20. The predicted molar refractivity (Wildman–Crippen MR) is 111 cm³/mol. The smallest absolute Gasteiger partial charge is 0.309 e. The first-order chi connectivity index (χ1) is 13.9. The third-order valence-corrected chi connectivity index (χ3v) is 7.29. The van der Waals surface area contributed by atoms with Crippen LogP contribution in [0.25, 0.3) is 0 Å². The molecule has 0 spiro atoms. The third-order valence-electron chi connectivity index (χ3n) is 5.76. The number of carbonyl (C=O) groups excluding carboxylic acids is 2. The Morgan fingerprint density at radius 2 is 1.41 bits per heavy atom. The fraction of sp³-hybridized carbons (Fsp3) is 0.619. The molecule has 1 aromatic rings. The highest BCUT2D eigenvalue weighted by Gasteiger charge is 2.22. The van der Waals surface area contributed by atoms with Gasteiger partial charge in [0, 0.05) is 18.6 Å². The van der Waals surface area contributed by atoms with Crippen molar-refractivity contribution in [1.29, 1.82) is 0 Å². The lowest BCUT2D eigenvalue weighted by molar-refractivity contribution is -0.139. The summed E-state index contributed by atoms with van der Waals surface area (Å²) in [6.45, 7) is 0.323. The Hall–Kier alpha value is -1.93. The standard InChI is InChI=1S/C21H31N3O4S/c25-20(21(26)23-17-6-4-5-7-17)22-15-14-16-10-12-19(13-11-16)29(27,28)24-18-8-2-1-3-9-18/h10-13,17-18,24H,1-9,14-15H2,(H,22,25)(H,23,26). The summed E-state index contributed by atoms with van der Waals surface area (Å²) in [5.74, 6) is -1.19. The summed E-state index contributed by atoms with van der Waals surface area (Å²) in [5, 5.41) is 5.38. The number of hydrogen-bond acceptors (Lipinski definition) is 4. The molecule has 0 atom stereocenters. The van der Waals surface area contributed by atoms with Gasteiger partial charge in [0.25, 0.3) is 0 Å². The number of sulfonamides is 1. The van der Waals surface area contributed by atoms with Crippen LogP contribution in [-0.4, -0.2) is 38.9 Å². The molecule has 2 fully saturated rings. The van der Waals surface area contributed by atoms with Gasteiger partial charge in [-0.05, 0) is 49.8 Å². The van der Waals surface area contributed by atoms with Crippen molar-refractivity contribution in [3.05, 3.63) is 29.8 Å². The topological polar surface area (TPSA) is 104 Å². The zero-order chi connectivity index (χ0) is 20.7. The number of rotatable bonds is 7. The molecule has 8 heteroatoms. The minimum Gasteiger partial charge on any atom is -0.348 e. The lowest BCUT2D eigenvalue weighted by Crippen LogP contribution is -2.44. The Kier molecular flexibility index (Phi) is 7.66. The Labute approximate surface area is 173 Å². The van der Waals surface area contributed by atoms with E-state index in [9.17, 15) is 18.0 Å². The van der Waals surface area contributed by atoms with Crippen LogP contribution in [0.2, 0.25) is 0 Å². The van der Waals surface area contributed by atoms with Crippen LogP contribution >= 0.6 is 0 Å². The number of amides is 2. The van der Waals surface area contributed by atoms with Gasteiger partial charge in [0.15, 0.2) is 0 Å². The third kappa shape index (κ3) is 6.54. The maximum atomic E-state index is 12.5. The van der Waals surface area contributed by atoms with Gasteiger partial charge in [-0.15, -0.1) is 0 Å². The Balaban J connectivity index is 1.43. The predicted octanol–water partition coefficient (Wildman–Crippen LogP) is 2.02. The van der Waals surface area contributed by atoms with Gasteiger partial charge < -0.3 is 10.6 Å². The number of benzene rings is 1. The Bertz CT molecular complexity index is 796. The lowest BCUT2D eigenvalue weighted by atomic mass is 9.96. The van der Waals surface area contributed by atoms with Crippen molar-refractivity contribution in [3.63, 3.8) is 0 Å². The summed E-state index contributed by atoms with van der Waals surface area (Å²) < 4.78 is 27.8. The van der Waals surface area contributed by atoms with Crippen LogP contribution in [-0.2, 0) is 26.0 Å². The molecule has 2 aliphatic rings. The van der Waals surface area contributed by atoms with Crippen LogP contribution in [0.4, 0.5) is 0 Å². The van der Waals surface area contributed by atoms with E-state index in [1.54, 1.807) is 24.3 Å². The van der Waals surface area contributed by atoms with E-state index in [0.29, 0.717) is 13.0 Å². The van der Waals surface area contributed by atoms with E-state index >= 15 is 0 Å². The molecule has 160 valence electrons. The summed E-state index contributed by atoms with van der Waals surface area (Å²) in [4.78, 5) is 24.0. The van der Waals surface area contributed by atoms with Crippen molar-refractivity contribution < 1.29 is 18.0 Å². The van der Waals surface area contributed by atoms with E-state index < -0.39 is 21.8 Å². The molecule has 0 aromatic heterocycles. The molecule has 0 bridgehead atoms. The van der Waals surface area contributed by atoms with E-state index in [1.807, 2.05) is 0 Å². The van der Waals surface area contributed by atoms with Crippen molar-refractivity contribution in [1.82, 2.24) is 15.4 Å². The van der Waals surface area contributed by atoms with Crippen LogP contribution in [0.15, 0.2) is 29.2 Å².